The topological polar surface area (TPSA) is 55.1 Å². The first-order valence-electron chi connectivity index (χ1n) is 9.03. The fourth-order valence-corrected chi connectivity index (χ4v) is 3.47. The fourth-order valence-electron chi connectivity index (χ4n) is 3.47. The first-order valence-corrected chi connectivity index (χ1v) is 9.03. The molecule has 0 unspecified atom stereocenters. The predicted octanol–water partition coefficient (Wildman–Crippen LogP) is 5.01. The summed E-state index contributed by atoms with van der Waals surface area (Å²) in [7, 11) is 0. The van der Waals surface area contributed by atoms with E-state index in [1.165, 1.54) is 0 Å². The zero-order valence-corrected chi connectivity index (χ0v) is 15.1. The van der Waals surface area contributed by atoms with E-state index in [0.29, 0.717) is 5.56 Å². The van der Waals surface area contributed by atoms with Crippen LogP contribution >= 0.6 is 0 Å². The minimum absolute atomic E-state index is 0.319. The number of hydrogen-bond acceptors (Lipinski definition) is 2. The second-order valence-electron chi connectivity index (χ2n) is 6.50. The van der Waals surface area contributed by atoms with Gasteiger partial charge in [0, 0.05) is 13.0 Å². The van der Waals surface area contributed by atoms with Crippen LogP contribution < -0.4 is 0 Å². The lowest BCUT2D eigenvalue weighted by Crippen LogP contribution is -2.04. The summed E-state index contributed by atoms with van der Waals surface area (Å²) < 4.78 is 2.25. The molecule has 27 heavy (non-hydrogen) atoms. The number of imidazole rings is 1. The van der Waals surface area contributed by atoms with E-state index in [2.05, 4.69) is 29.7 Å². The van der Waals surface area contributed by atoms with Crippen molar-refractivity contribution < 1.29 is 9.90 Å². The SMILES string of the molecule is CCc1nc2ccccc2n1Cc1ccc(-c2ccccc2C(=O)O)cc1. The van der Waals surface area contributed by atoms with Gasteiger partial charge in [0.25, 0.3) is 0 Å². The summed E-state index contributed by atoms with van der Waals surface area (Å²) in [5.74, 6) is 0.156. The normalized spacial score (nSPS) is 11.0. The molecule has 1 heterocycles. The third-order valence-corrected chi connectivity index (χ3v) is 4.81. The average molecular weight is 356 g/mol. The van der Waals surface area contributed by atoms with Crippen LogP contribution in [0.15, 0.2) is 72.8 Å². The van der Waals surface area contributed by atoms with Crippen LogP contribution in [0.1, 0.15) is 28.7 Å². The van der Waals surface area contributed by atoms with Crippen molar-refractivity contribution in [3.05, 3.63) is 89.7 Å². The number of carboxylic acids is 1. The summed E-state index contributed by atoms with van der Waals surface area (Å²) in [6.45, 7) is 2.86. The van der Waals surface area contributed by atoms with Crippen LogP contribution in [-0.2, 0) is 13.0 Å². The predicted molar refractivity (Wildman–Crippen MR) is 107 cm³/mol. The van der Waals surface area contributed by atoms with Crippen LogP contribution in [0.4, 0.5) is 0 Å². The summed E-state index contributed by atoms with van der Waals surface area (Å²) >= 11 is 0. The fraction of sp³-hybridized carbons (Fsp3) is 0.130. The van der Waals surface area contributed by atoms with E-state index in [1.807, 2.05) is 42.5 Å². The Labute approximate surface area is 157 Å². The number of nitrogens with zero attached hydrogens (tertiary/aromatic N) is 2. The van der Waals surface area contributed by atoms with E-state index in [9.17, 15) is 9.90 Å². The lowest BCUT2D eigenvalue weighted by atomic mass is 9.99. The van der Waals surface area contributed by atoms with E-state index >= 15 is 0 Å². The Morgan fingerprint density at radius 3 is 2.41 bits per heavy atom. The Bertz CT molecular complexity index is 1110. The molecule has 0 saturated carbocycles. The van der Waals surface area contributed by atoms with Gasteiger partial charge in [0.1, 0.15) is 5.82 Å². The third kappa shape index (κ3) is 3.22. The Balaban J connectivity index is 1.68. The van der Waals surface area contributed by atoms with Gasteiger partial charge in [-0.05, 0) is 34.9 Å². The van der Waals surface area contributed by atoms with Crippen molar-refractivity contribution in [3.8, 4) is 11.1 Å². The zero-order valence-electron chi connectivity index (χ0n) is 15.1. The summed E-state index contributed by atoms with van der Waals surface area (Å²) in [5, 5.41) is 9.40. The molecule has 3 aromatic carbocycles. The Hall–Kier alpha value is -3.40. The molecule has 0 radical (unpaired) electrons. The van der Waals surface area contributed by atoms with Crippen molar-refractivity contribution in [2.24, 2.45) is 0 Å². The smallest absolute Gasteiger partial charge is 0.336 e. The van der Waals surface area contributed by atoms with Crippen LogP contribution in [0, 0.1) is 0 Å². The molecular formula is C23H20N2O2. The molecule has 0 bridgehead atoms. The van der Waals surface area contributed by atoms with Gasteiger partial charge in [-0.1, -0.05) is 61.5 Å². The number of fused-ring (bicyclic) bond motifs is 1. The second kappa shape index (κ2) is 7.08. The van der Waals surface area contributed by atoms with Crippen LogP contribution in [0.25, 0.3) is 22.2 Å². The van der Waals surface area contributed by atoms with E-state index < -0.39 is 5.97 Å². The standard InChI is InChI=1S/C23H20N2O2/c1-2-22-24-20-9-5-6-10-21(20)25(22)15-16-11-13-17(14-12-16)18-7-3-4-8-19(18)23(26)27/h3-14H,2,15H2,1H3,(H,26,27). The lowest BCUT2D eigenvalue weighted by Gasteiger charge is -2.10. The van der Waals surface area contributed by atoms with E-state index in [0.717, 1.165) is 46.5 Å². The van der Waals surface area contributed by atoms with Gasteiger partial charge in [0.15, 0.2) is 0 Å². The number of benzene rings is 3. The van der Waals surface area contributed by atoms with Crippen molar-refractivity contribution in [2.75, 3.05) is 0 Å². The van der Waals surface area contributed by atoms with Gasteiger partial charge in [-0.3, -0.25) is 0 Å². The number of rotatable bonds is 5. The van der Waals surface area contributed by atoms with Crippen molar-refractivity contribution in [1.82, 2.24) is 9.55 Å². The van der Waals surface area contributed by atoms with Gasteiger partial charge in [-0.15, -0.1) is 0 Å². The molecule has 0 saturated heterocycles. The van der Waals surface area contributed by atoms with Crippen molar-refractivity contribution >= 4 is 17.0 Å². The average Bonchev–Trinajstić information content (AvgIpc) is 3.06. The maximum absolute atomic E-state index is 11.5. The Morgan fingerprint density at radius 1 is 0.963 bits per heavy atom. The lowest BCUT2D eigenvalue weighted by molar-refractivity contribution is 0.0697. The molecule has 1 N–H and O–H groups in total. The molecule has 0 spiro atoms. The van der Waals surface area contributed by atoms with Crippen LogP contribution in [0.5, 0.6) is 0 Å². The molecule has 1 aromatic heterocycles. The number of aryl methyl sites for hydroxylation is 1. The van der Waals surface area contributed by atoms with Crippen LogP contribution in [-0.4, -0.2) is 20.6 Å². The van der Waals surface area contributed by atoms with E-state index in [4.69, 9.17) is 4.98 Å². The zero-order chi connectivity index (χ0) is 18.8. The molecule has 0 aliphatic carbocycles. The van der Waals surface area contributed by atoms with E-state index in [1.54, 1.807) is 12.1 Å². The van der Waals surface area contributed by atoms with Crippen LogP contribution in [0.2, 0.25) is 0 Å². The highest BCUT2D eigenvalue weighted by atomic mass is 16.4. The van der Waals surface area contributed by atoms with Gasteiger partial charge in [0.2, 0.25) is 0 Å². The number of aromatic carboxylic acids is 1. The summed E-state index contributed by atoms with van der Waals surface area (Å²) in [6, 6.07) is 23.4. The Morgan fingerprint density at radius 2 is 1.67 bits per heavy atom. The quantitative estimate of drug-likeness (QED) is 0.547. The van der Waals surface area contributed by atoms with Crippen LogP contribution in [0.3, 0.4) is 0 Å². The highest BCUT2D eigenvalue weighted by Crippen LogP contribution is 2.25. The molecule has 0 fully saturated rings. The summed E-state index contributed by atoms with van der Waals surface area (Å²) in [5.41, 5.74) is 5.27. The number of carbonyl (C=O) groups is 1. The molecule has 4 nitrogen and oxygen atoms in total. The molecule has 4 heteroatoms. The maximum atomic E-state index is 11.5. The molecule has 4 aromatic rings. The molecular weight excluding hydrogens is 336 g/mol. The Kier molecular flexibility index (Phi) is 4.47. The van der Waals surface area contributed by atoms with Gasteiger partial charge in [0.05, 0.1) is 16.6 Å². The maximum Gasteiger partial charge on any atom is 0.336 e. The second-order valence-corrected chi connectivity index (χ2v) is 6.50. The minimum atomic E-state index is -0.910. The molecule has 134 valence electrons. The largest absolute Gasteiger partial charge is 0.478 e. The monoisotopic (exact) mass is 356 g/mol. The van der Waals surface area contributed by atoms with Gasteiger partial charge < -0.3 is 9.67 Å². The molecule has 0 atom stereocenters. The first kappa shape index (κ1) is 17.0. The molecule has 0 aliphatic heterocycles. The summed E-state index contributed by atoms with van der Waals surface area (Å²) in [4.78, 5) is 16.2. The third-order valence-electron chi connectivity index (χ3n) is 4.81. The number of aromatic nitrogens is 2. The van der Waals surface area contributed by atoms with Crippen molar-refractivity contribution in [3.63, 3.8) is 0 Å². The number of carboxylic acid groups (broad SMARTS) is 1. The van der Waals surface area contributed by atoms with E-state index in [-0.39, 0.29) is 0 Å². The van der Waals surface area contributed by atoms with Gasteiger partial charge >= 0.3 is 5.97 Å². The number of hydrogen-bond donors (Lipinski definition) is 1. The molecule has 0 amide bonds. The van der Waals surface area contributed by atoms with Gasteiger partial charge in [-0.25, -0.2) is 9.78 Å². The van der Waals surface area contributed by atoms with Crippen molar-refractivity contribution in [2.45, 2.75) is 19.9 Å². The minimum Gasteiger partial charge on any atom is -0.478 e. The van der Waals surface area contributed by atoms with Gasteiger partial charge in [-0.2, -0.15) is 0 Å². The van der Waals surface area contributed by atoms with Crippen molar-refractivity contribution in [1.29, 1.82) is 0 Å². The molecule has 0 aliphatic rings. The first-order chi connectivity index (χ1) is 13.2. The highest BCUT2D eigenvalue weighted by molar-refractivity contribution is 5.96. The highest BCUT2D eigenvalue weighted by Gasteiger charge is 2.12. The number of para-hydroxylation sites is 2. The summed E-state index contributed by atoms with van der Waals surface area (Å²) in [6.07, 6.45) is 0.874. The molecule has 4 rings (SSSR count).